The third-order valence-corrected chi connectivity index (χ3v) is 3.75. The number of anilines is 1. The van der Waals surface area contributed by atoms with Gasteiger partial charge in [0, 0.05) is 13.1 Å². The van der Waals surface area contributed by atoms with E-state index >= 15 is 0 Å². The second-order valence-electron chi connectivity index (χ2n) is 5.58. The van der Waals surface area contributed by atoms with E-state index in [2.05, 4.69) is 15.7 Å². The predicted molar refractivity (Wildman–Crippen MR) is 92.2 cm³/mol. The zero-order chi connectivity index (χ0) is 17.8. The Morgan fingerprint density at radius 3 is 2.56 bits per heavy atom. The molecule has 3 aromatic rings. The van der Waals surface area contributed by atoms with Gasteiger partial charge in [-0.05, 0) is 24.6 Å². The molecule has 25 heavy (non-hydrogen) atoms. The van der Waals surface area contributed by atoms with Crippen LogP contribution < -0.4 is 10.6 Å². The molecule has 3 rings (SSSR count). The lowest BCUT2D eigenvalue weighted by Gasteiger charge is -2.12. The summed E-state index contributed by atoms with van der Waals surface area (Å²) in [7, 11) is 1.65. The number of hydrogen-bond donors (Lipinski definition) is 2. The average Bonchev–Trinajstić information content (AvgIpc) is 3.26. The second-order valence-corrected chi connectivity index (χ2v) is 5.58. The van der Waals surface area contributed by atoms with Crippen LogP contribution >= 0.6 is 0 Å². The van der Waals surface area contributed by atoms with Gasteiger partial charge in [-0.2, -0.15) is 5.10 Å². The van der Waals surface area contributed by atoms with Crippen molar-refractivity contribution in [1.82, 2.24) is 15.1 Å². The quantitative estimate of drug-likeness (QED) is 0.748. The summed E-state index contributed by atoms with van der Waals surface area (Å²) in [5.41, 5.74) is 1.22. The molecule has 2 amide bonds. The van der Waals surface area contributed by atoms with Crippen LogP contribution in [0.2, 0.25) is 0 Å². The summed E-state index contributed by atoms with van der Waals surface area (Å²) in [6.45, 7) is 1.90. The Balaban J connectivity index is 1.69. The molecule has 2 aromatic heterocycles. The van der Waals surface area contributed by atoms with Crippen LogP contribution in [-0.4, -0.2) is 21.6 Å². The van der Waals surface area contributed by atoms with Crippen molar-refractivity contribution in [2.75, 3.05) is 5.32 Å². The Hall–Kier alpha value is -3.35. The van der Waals surface area contributed by atoms with E-state index < -0.39 is 5.91 Å². The largest absolute Gasteiger partial charge is 0.459 e. The van der Waals surface area contributed by atoms with Crippen molar-refractivity contribution in [3.63, 3.8) is 0 Å². The van der Waals surface area contributed by atoms with Gasteiger partial charge in [0.05, 0.1) is 12.3 Å². The highest BCUT2D eigenvalue weighted by Crippen LogP contribution is 2.15. The van der Waals surface area contributed by atoms with E-state index in [9.17, 15) is 9.59 Å². The molecule has 1 aromatic carbocycles. The molecule has 0 saturated carbocycles. The lowest BCUT2D eigenvalue weighted by molar-refractivity contribution is 0.0933. The summed E-state index contributed by atoms with van der Waals surface area (Å²) in [5.74, 6) is -0.133. The minimum atomic E-state index is -0.405. The smallest absolute Gasteiger partial charge is 0.292 e. The summed E-state index contributed by atoms with van der Waals surface area (Å²) >= 11 is 0. The predicted octanol–water partition coefficient (Wildman–Crippen LogP) is 2.76. The molecule has 0 aliphatic heterocycles. The van der Waals surface area contributed by atoms with Gasteiger partial charge in [0.2, 0.25) is 0 Å². The summed E-state index contributed by atoms with van der Waals surface area (Å²) in [4.78, 5) is 24.4. The number of carbonyl (C=O) groups excluding carboxylic acids is 2. The maximum absolute atomic E-state index is 12.4. The van der Waals surface area contributed by atoms with E-state index in [0.29, 0.717) is 5.82 Å². The van der Waals surface area contributed by atoms with E-state index in [1.165, 1.54) is 17.0 Å². The van der Waals surface area contributed by atoms with Crippen molar-refractivity contribution in [2.24, 2.45) is 7.05 Å². The van der Waals surface area contributed by atoms with Gasteiger partial charge in [0.1, 0.15) is 5.82 Å². The summed E-state index contributed by atoms with van der Waals surface area (Å²) < 4.78 is 6.48. The van der Waals surface area contributed by atoms with E-state index in [4.69, 9.17) is 4.42 Å². The molecule has 0 spiro atoms. The van der Waals surface area contributed by atoms with Gasteiger partial charge in [-0.15, -0.1) is 0 Å². The number of aromatic nitrogens is 2. The molecule has 0 radical (unpaired) electrons. The molecule has 128 valence electrons. The normalized spacial score (nSPS) is 11.8. The third-order valence-electron chi connectivity index (χ3n) is 3.75. The Morgan fingerprint density at radius 2 is 1.88 bits per heavy atom. The molecule has 0 aliphatic carbocycles. The van der Waals surface area contributed by atoms with Gasteiger partial charge in [0.15, 0.2) is 11.5 Å². The van der Waals surface area contributed by atoms with Gasteiger partial charge < -0.3 is 15.1 Å². The number of rotatable bonds is 5. The number of carbonyl (C=O) groups is 2. The summed E-state index contributed by atoms with van der Waals surface area (Å²) in [6, 6.07) is 14.2. The van der Waals surface area contributed by atoms with E-state index in [-0.39, 0.29) is 23.4 Å². The van der Waals surface area contributed by atoms with Crippen LogP contribution in [0.15, 0.2) is 59.2 Å². The Morgan fingerprint density at radius 1 is 1.12 bits per heavy atom. The number of aryl methyl sites for hydroxylation is 1. The number of nitrogens with zero attached hydrogens (tertiary/aromatic N) is 2. The first kappa shape index (κ1) is 16.5. The molecular weight excluding hydrogens is 320 g/mol. The SMILES string of the molecule is C[C@@H](NC(=O)c1cc(NC(=O)c2ccco2)n(C)n1)c1ccccc1. The maximum atomic E-state index is 12.4. The zero-order valence-electron chi connectivity index (χ0n) is 13.9. The average molecular weight is 338 g/mol. The van der Waals surface area contributed by atoms with E-state index in [0.717, 1.165) is 5.56 Å². The van der Waals surface area contributed by atoms with Crippen LogP contribution in [0.1, 0.15) is 39.6 Å². The van der Waals surface area contributed by atoms with Crippen LogP contribution in [0.3, 0.4) is 0 Å². The molecule has 0 fully saturated rings. The molecule has 1 atom stereocenters. The number of benzene rings is 1. The first-order valence-corrected chi connectivity index (χ1v) is 7.79. The van der Waals surface area contributed by atoms with Gasteiger partial charge >= 0.3 is 0 Å². The molecule has 7 heteroatoms. The minimum Gasteiger partial charge on any atom is -0.459 e. The fraction of sp³-hybridized carbons (Fsp3) is 0.167. The molecule has 0 aliphatic rings. The second kappa shape index (κ2) is 7.04. The summed E-state index contributed by atoms with van der Waals surface area (Å²) in [5, 5.41) is 9.70. The standard InChI is InChI=1S/C18H18N4O3/c1-12(13-7-4-3-5-8-13)19-17(23)14-11-16(22(2)21-14)20-18(24)15-9-6-10-25-15/h3-12H,1-2H3,(H,19,23)(H,20,24)/t12-/m1/s1. The van der Waals surface area contributed by atoms with Crippen molar-refractivity contribution >= 4 is 17.6 Å². The van der Waals surface area contributed by atoms with Crippen molar-refractivity contribution in [3.8, 4) is 0 Å². The van der Waals surface area contributed by atoms with E-state index in [1.54, 1.807) is 19.2 Å². The zero-order valence-corrected chi connectivity index (χ0v) is 13.9. The molecule has 2 heterocycles. The maximum Gasteiger partial charge on any atom is 0.292 e. The number of amides is 2. The van der Waals surface area contributed by atoms with Crippen molar-refractivity contribution in [2.45, 2.75) is 13.0 Å². The van der Waals surface area contributed by atoms with E-state index in [1.807, 2.05) is 37.3 Å². The van der Waals surface area contributed by atoms with Crippen LogP contribution in [0.4, 0.5) is 5.82 Å². The lowest BCUT2D eigenvalue weighted by atomic mass is 10.1. The van der Waals surface area contributed by atoms with Crippen molar-refractivity contribution in [3.05, 3.63) is 71.8 Å². The number of furan rings is 1. The fourth-order valence-electron chi connectivity index (χ4n) is 2.38. The molecular formula is C18H18N4O3. The van der Waals surface area contributed by atoms with Crippen LogP contribution in [-0.2, 0) is 7.05 Å². The number of nitrogens with one attached hydrogen (secondary N) is 2. The van der Waals surface area contributed by atoms with Crippen LogP contribution in [0, 0.1) is 0 Å². The highest BCUT2D eigenvalue weighted by molar-refractivity contribution is 6.02. The molecule has 7 nitrogen and oxygen atoms in total. The summed E-state index contributed by atoms with van der Waals surface area (Å²) in [6.07, 6.45) is 1.42. The molecule has 0 unspecified atom stereocenters. The topological polar surface area (TPSA) is 89.2 Å². The van der Waals surface area contributed by atoms with Gasteiger partial charge in [-0.3, -0.25) is 14.3 Å². The molecule has 0 bridgehead atoms. The molecule has 2 N–H and O–H groups in total. The Kier molecular flexibility index (Phi) is 4.65. The first-order valence-electron chi connectivity index (χ1n) is 7.79. The molecule has 0 saturated heterocycles. The fourth-order valence-corrected chi connectivity index (χ4v) is 2.38. The van der Waals surface area contributed by atoms with Crippen molar-refractivity contribution in [1.29, 1.82) is 0 Å². The third kappa shape index (κ3) is 3.77. The van der Waals surface area contributed by atoms with Crippen LogP contribution in [0.5, 0.6) is 0 Å². The highest BCUT2D eigenvalue weighted by Gasteiger charge is 2.18. The minimum absolute atomic E-state index is 0.156. The lowest BCUT2D eigenvalue weighted by Crippen LogP contribution is -2.27. The highest BCUT2D eigenvalue weighted by atomic mass is 16.3. The van der Waals surface area contributed by atoms with Crippen LogP contribution in [0.25, 0.3) is 0 Å². The van der Waals surface area contributed by atoms with Crippen molar-refractivity contribution < 1.29 is 14.0 Å². The Bertz CT molecular complexity index is 869. The monoisotopic (exact) mass is 338 g/mol. The van der Waals surface area contributed by atoms with Gasteiger partial charge in [-0.25, -0.2) is 0 Å². The number of hydrogen-bond acceptors (Lipinski definition) is 4. The van der Waals surface area contributed by atoms with Gasteiger partial charge in [0.25, 0.3) is 11.8 Å². The Labute approximate surface area is 144 Å². The first-order chi connectivity index (χ1) is 12.0. The van der Waals surface area contributed by atoms with Gasteiger partial charge in [-0.1, -0.05) is 30.3 Å².